The van der Waals surface area contributed by atoms with Crippen molar-refractivity contribution in [3.8, 4) is 0 Å². The van der Waals surface area contributed by atoms with E-state index >= 15 is 0 Å². The monoisotopic (exact) mass is 320 g/mol. The van der Waals surface area contributed by atoms with Crippen LogP contribution in [0.1, 0.15) is 38.1 Å². The summed E-state index contributed by atoms with van der Waals surface area (Å²) in [7, 11) is 0. The van der Waals surface area contributed by atoms with E-state index in [1.165, 1.54) is 34.7 Å². The predicted molar refractivity (Wildman–Crippen MR) is 95.5 cm³/mol. The smallest absolute Gasteiger partial charge is 0.0954 e. The number of nitrogens with one attached hydrogen (secondary N) is 1. The van der Waals surface area contributed by atoms with E-state index in [9.17, 15) is 0 Å². The fourth-order valence-electron chi connectivity index (χ4n) is 3.08. The highest BCUT2D eigenvalue weighted by Gasteiger charge is 2.37. The Morgan fingerprint density at radius 2 is 2.24 bits per heavy atom. The van der Waals surface area contributed by atoms with E-state index in [-0.39, 0.29) is 0 Å². The van der Waals surface area contributed by atoms with Crippen LogP contribution in [-0.2, 0) is 6.42 Å². The van der Waals surface area contributed by atoms with E-state index < -0.39 is 0 Å². The minimum atomic E-state index is 0.368. The molecule has 1 N–H and O–H groups in total. The number of aromatic nitrogens is 1. The van der Waals surface area contributed by atoms with Crippen LogP contribution >= 0.6 is 23.1 Å². The summed E-state index contributed by atoms with van der Waals surface area (Å²) in [4.78, 5) is 4.83. The van der Waals surface area contributed by atoms with E-state index in [1.54, 1.807) is 0 Å². The molecule has 0 spiro atoms. The molecule has 1 fully saturated rings. The zero-order valence-electron chi connectivity index (χ0n) is 12.9. The molecule has 1 aromatic carbocycles. The van der Waals surface area contributed by atoms with Crippen molar-refractivity contribution in [1.82, 2.24) is 10.3 Å². The maximum atomic E-state index is 4.83. The van der Waals surface area contributed by atoms with Gasteiger partial charge in [0.1, 0.15) is 0 Å². The van der Waals surface area contributed by atoms with Gasteiger partial charge in [0.05, 0.1) is 15.2 Å². The zero-order valence-corrected chi connectivity index (χ0v) is 14.5. The molecule has 2 aromatic rings. The standard InChI is InChI=1S/C17H24N2S2/c1-3-10-18-15(17(2)9-6-11-20-17)12-16-19-13-7-4-5-8-14(13)21-16/h4-5,7-8,15,18H,3,6,9-12H2,1-2H3. The molecule has 1 saturated heterocycles. The van der Waals surface area contributed by atoms with Crippen molar-refractivity contribution in [3.63, 3.8) is 0 Å². The Hall–Kier alpha value is -0.580. The normalized spacial score (nSPS) is 23.7. The van der Waals surface area contributed by atoms with Crippen molar-refractivity contribution in [2.45, 2.75) is 50.3 Å². The lowest BCUT2D eigenvalue weighted by Gasteiger charge is -2.33. The van der Waals surface area contributed by atoms with Crippen molar-refractivity contribution in [3.05, 3.63) is 29.3 Å². The van der Waals surface area contributed by atoms with Gasteiger partial charge in [-0.15, -0.1) is 11.3 Å². The van der Waals surface area contributed by atoms with Crippen LogP contribution in [0.2, 0.25) is 0 Å². The van der Waals surface area contributed by atoms with Crippen molar-refractivity contribution < 1.29 is 0 Å². The van der Waals surface area contributed by atoms with Gasteiger partial charge in [0, 0.05) is 17.2 Å². The van der Waals surface area contributed by atoms with Crippen molar-refractivity contribution >= 4 is 33.3 Å². The van der Waals surface area contributed by atoms with Gasteiger partial charge in [-0.1, -0.05) is 19.1 Å². The number of rotatable bonds is 6. The molecule has 21 heavy (non-hydrogen) atoms. The van der Waals surface area contributed by atoms with Crippen LogP contribution in [0, 0.1) is 0 Å². The Balaban J connectivity index is 1.79. The van der Waals surface area contributed by atoms with Gasteiger partial charge in [0.15, 0.2) is 0 Å². The molecule has 0 saturated carbocycles. The topological polar surface area (TPSA) is 24.9 Å². The first-order valence-corrected chi connectivity index (χ1v) is 9.73. The van der Waals surface area contributed by atoms with Crippen LogP contribution in [-0.4, -0.2) is 28.1 Å². The van der Waals surface area contributed by atoms with Crippen molar-refractivity contribution in [2.24, 2.45) is 0 Å². The highest BCUT2D eigenvalue weighted by atomic mass is 32.2. The molecular formula is C17H24N2S2. The molecule has 0 radical (unpaired) electrons. The minimum Gasteiger partial charge on any atom is -0.312 e. The quantitative estimate of drug-likeness (QED) is 0.848. The second kappa shape index (κ2) is 6.67. The molecule has 114 valence electrons. The Morgan fingerprint density at radius 3 is 2.95 bits per heavy atom. The lowest BCUT2D eigenvalue weighted by Crippen LogP contribution is -2.47. The van der Waals surface area contributed by atoms with E-state index in [0.29, 0.717) is 10.8 Å². The van der Waals surface area contributed by atoms with Gasteiger partial charge < -0.3 is 5.32 Å². The van der Waals surface area contributed by atoms with Crippen LogP contribution < -0.4 is 5.32 Å². The van der Waals surface area contributed by atoms with Crippen LogP contribution in [0.4, 0.5) is 0 Å². The van der Waals surface area contributed by atoms with Gasteiger partial charge in [-0.2, -0.15) is 11.8 Å². The number of fused-ring (bicyclic) bond motifs is 1. The average molecular weight is 321 g/mol. The minimum absolute atomic E-state index is 0.368. The summed E-state index contributed by atoms with van der Waals surface area (Å²) >= 11 is 4.00. The first-order chi connectivity index (χ1) is 10.2. The summed E-state index contributed by atoms with van der Waals surface area (Å²) < 4.78 is 1.68. The Kier molecular flexibility index (Phi) is 4.87. The van der Waals surface area contributed by atoms with Gasteiger partial charge in [-0.05, 0) is 50.6 Å². The lowest BCUT2D eigenvalue weighted by atomic mass is 9.93. The van der Waals surface area contributed by atoms with Crippen molar-refractivity contribution in [2.75, 3.05) is 12.3 Å². The molecular weight excluding hydrogens is 296 g/mol. The molecule has 2 unspecified atom stereocenters. The summed E-state index contributed by atoms with van der Waals surface area (Å²) in [5, 5.41) is 5.07. The Morgan fingerprint density at radius 1 is 1.38 bits per heavy atom. The predicted octanol–water partition coefficient (Wildman–Crippen LogP) is 4.49. The van der Waals surface area contributed by atoms with Crippen LogP contribution in [0.15, 0.2) is 24.3 Å². The molecule has 2 nitrogen and oxygen atoms in total. The van der Waals surface area contributed by atoms with Gasteiger partial charge in [-0.25, -0.2) is 4.98 Å². The third-order valence-corrected chi connectivity index (χ3v) is 7.04. The zero-order chi connectivity index (χ0) is 14.7. The lowest BCUT2D eigenvalue weighted by molar-refractivity contribution is 0.398. The van der Waals surface area contributed by atoms with E-state index in [0.717, 1.165) is 18.5 Å². The highest BCUT2D eigenvalue weighted by molar-refractivity contribution is 8.00. The molecule has 1 aliphatic rings. The third kappa shape index (κ3) is 3.43. The van der Waals surface area contributed by atoms with Crippen LogP contribution in [0.25, 0.3) is 10.2 Å². The Bertz CT molecular complexity index is 554. The molecule has 2 atom stereocenters. The van der Waals surface area contributed by atoms with E-state index in [2.05, 4.69) is 55.2 Å². The summed E-state index contributed by atoms with van der Waals surface area (Å²) in [6.45, 7) is 5.78. The highest BCUT2D eigenvalue weighted by Crippen LogP contribution is 2.41. The van der Waals surface area contributed by atoms with Crippen LogP contribution in [0.3, 0.4) is 0 Å². The number of nitrogens with zero attached hydrogens (tertiary/aromatic N) is 1. The summed E-state index contributed by atoms with van der Waals surface area (Å²) in [6, 6.07) is 9.01. The summed E-state index contributed by atoms with van der Waals surface area (Å²) in [6.07, 6.45) is 4.93. The van der Waals surface area contributed by atoms with Gasteiger partial charge in [0.2, 0.25) is 0 Å². The molecule has 0 bridgehead atoms. The SMILES string of the molecule is CCCNC(Cc1nc2ccccc2s1)C1(C)CCCS1. The Labute approximate surface area is 135 Å². The largest absolute Gasteiger partial charge is 0.312 e. The third-order valence-electron chi connectivity index (χ3n) is 4.34. The van der Waals surface area contributed by atoms with E-state index in [1.807, 2.05) is 11.3 Å². The fraction of sp³-hybridized carbons (Fsp3) is 0.588. The maximum Gasteiger partial charge on any atom is 0.0954 e. The number of hydrogen-bond acceptors (Lipinski definition) is 4. The summed E-state index contributed by atoms with van der Waals surface area (Å²) in [5.41, 5.74) is 1.15. The number of benzene rings is 1. The van der Waals surface area contributed by atoms with Gasteiger partial charge in [0.25, 0.3) is 0 Å². The molecule has 1 aromatic heterocycles. The molecule has 1 aliphatic heterocycles. The second-order valence-corrected chi connectivity index (χ2v) is 8.80. The average Bonchev–Trinajstić information content (AvgIpc) is 3.09. The molecule has 0 amide bonds. The number of hydrogen-bond donors (Lipinski definition) is 1. The fourth-order valence-corrected chi connectivity index (χ4v) is 5.50. The molecule has 2 heterocycles. The van der Waals surface area contributed by atoms with E-state index in [4.69, 9.17) is 4.98 Å². The second-order valence-electron chi connectivity index (χ2n) is 6.05. The number of thiazole rings is 1. The van der Waals surface area contributed by atoms with Gasteiger partial charge in [-0.3, -0.25) is 0 Å². The first kappa shape index (κ1) is 15.3. The van der Waals surface area contributed by atoms with Gasteiger partial charge >= 0.3 is 0 Å². The molecule has 0 aliphatic carbocycles. The number of thioether (sulfide) groups is 1. The summed E-state index contributed by atoms with van der Waals surface area (Å²) in [5.74, 6) is 1.31. The number of para-hydroxylation sites is 1. The molecule has 3 rings (SSSR count). The van der Waals surface area contributed by atoms with Crippen LogP contribution in [0.5, 0.6) is 0 Å². The molecule has 4 heteroatoms. The maximum absolute atomic E-state index is 4.83. The first-order valence-electron chi connectivity index (χ1n) is 7.93. The van der Waals surface area contributed by atoms with Crippen molar-refractivity contribution in [1.29, 1.82) is 0 Å².